The lowest BCUT2D eigenvalue weighted by molar-refractivity contribution is -0.384. The fourth-order valence-electron chi connectivity index (χ4n) is 4.47. The molecule has 0 saturated heterocycles. The van der Waals surface area contributed by atoms with Gasteiger partial charge in [-0.2, -0.15) is 0 Å². The van der Waals surface area contributed by atoms with Gasteiger partial charge in [0.25, 0.3) is 11.2 Å². The van der Waals surface area contributed by atoms with E-state index in [1.165, 1.54) is 35.8 Å². The minimum absolute atomic E-state index is 0.143. The molecule has 0 radical (unpaired) electrons. The van der Waals surface area contributed by atoms with Crippen LogP contribution in [0.15, 0.2) is 52.3 Å². The number of nitrogens with zero attached hydrogens (tertiary/aromatic N) is 3. The molecule has 3 atom stereocenters. The Morgan fingerprint density at radius 2 is 2.09 bits per heavy atom. The van der Waals surface area contributed by atoms with E-state index < -0.39 is 28.2 Å². The predicted molar refractivity (Wildman–Crippen MR) is 115 cm³/mol. The SMILES string of the molecule is CC(=O)[C@@H]1[C@H]2c3ccccc3O[C@]1(C)N=c1s/c(=C\c3cc([N+](=O)[O-])ccc3O)c(=O)n12. The van der Waals surface area contributed by atoms with Gasteiger partial charge in [0.2, 0.25) is 5.72 Å². The van der Waals surface area contributed by atoms with Crippen molar-refractivity contribution in [2.45, 2.75) is 25.6 Å². The van der Waals surface area contributed by atoms with E-state index >= 15 is 0 Å². The van der Waals surface area contributed by atoms with E-state index in [0.29, 0.717) is 16.1 Å². The van der Waals surface area contributed by atoms with Gasteiger partial charge in [-0.3, -0.25) is 24.3 Å². The number of nitro groups is 1. The number of ketones is 1. The van der Waals surface area contributed by atoms with Crippen molar-refractivity contribution in [3.8, 4) is 11.5 Å². The van der Waals surface area contributed by atoms with Gasteiger partial charge in [-0.05, 0) is 32.1 Å². The highest BCUT2D eigenvalue weighted by atomic mass is 32.1. The number of benzene rings is 2. The summed E-state index contributed by atoms with van der Waals surface area (Å²) in [5, 5.41) is 21.3. The Morgan fingerprint density at radius 3 is 2.81 bits per heavy atom. The summed E-state index contributed by atoms with van der Waals surface area (Å²) in [7, 11) is 0. The van der Waals surface area contributed by atoms with Crippen LogP contribution in [-0.2, 0) is 4.79 Å². The first-order chi connectivity index (χ1) is 15.2. The third-order valence-electron chi connectivity index (χ3n) is 5.83. The average Bonchev–Trinajstić information content (AvgIpc) is 3.02. The van der Waals surface area contributed by atoms with Crippen molar-refractivity contribution in [1.82, 2.24) is 4.57 Å². The summed E-state index contributed by atoms with van der Waals surface area (Å²) in [5.74, 6) is -0.478. The van der Waals surface area contributed by atoms with Crippen LogP contribution in [0.2, 0.25) is 0 Å². The zero-order valence-electron chi connectivity index (χ0n) is 17.0. The number of aromatic nitrogens is 1. The Kier molecular flexibility index (Phi) is 4.31. The molecule has 5 rings (SSSR count). The molecule has 0 amide bonds. The monoisotopic (exact) mass is 451 g/mol. The molecule has 2 aliphatic rings. The summed E-state index contributed by atoms with van der Waals surface area (Å²) < 4.78 is 7.85. The normalized spacial score (nSPS) is 23.5. The van der Waals surface area contributed by atoms with Gasteiger partial charge < -0.3 is 9.84 Å². The molecule has 0 spiro atoms. The number of aromatic hydroxyl groups is 1. The van der Waals surface area contributed by atoms with Gasteiger partial charge in [0.1, 0.15) is 23.2 Å². The van der Waals surface area contributed by atoms with Crippen molar-refractivity contribution < 1.29 is 19.6 Å². The number of Topliss-reactive ketones (excluding diaryl/α,β-unsaturated/α-hetero) is 1. The van der Waals surface area contributed by atoms with E-state index in [4.69, 9.17) is 4.74 Å². The number of carbonyl (C=O) groups is 1. The highest BCUT2D eigenvalue weighted by Gasteiger charge is 2.53. The minimum Gasteiger partial charge on any atom is -0.507 e. The average molecular weight is 451 g/mol. The molecule has 0 unspecified atom stereocenters. The summed E-state index contributed by atoms with van der Waals surface area (Å²) in [6.07, 6.45) is 1.40. The van der Waals surface area contributed by atoms with Crippen molar-refractivity contribution in [2.75, 3.05) is 0 Å². The van der Waals surface area contributed by atoms with Gasteiger partial charge in [0.15, 0.2) is 4.80 Å². The molecular weight excluding hydrogens is 434 g/mol. The molecular formula is C22H17N3O6S. The van der Waals surface area contributed by atoms with Crippen molar-refractivity contribution in [1.29, 1.82) is 0 Å². The molecule has 10 heteroatoms. The van der Waals surface area contributed by atoms with Gasteiger partial charge in [-0.15, -0.1) is 0 Å². The number of nitro benzene ring substituents is 1. The second kappa shape index (κ2) is 6.86. The van der Waals surface area contributed by atoms with Crippen molar-refractivity contribution in [3.63, 3.8) is 0 Å². The van der Waals surface area contributed by atoms with Gasteiger partial charge in [-0.1, -0.05) is 29.5 Å². The summed E-state index contributed by atoms with van der Waals surface area (Å²) in [6.45, 7) is 3.19. The van der Waals surface area contributed by atoms with E-state index in [9.17, 15) is 24.8 Å². The van der Waals surface area contributed by atoms with E-state index in [2.05, 4.69) is 4.99 Å². The largest absolute Gasteiger partial charge is 0.507 e. The maximum Gasteiger partial charge on any atom is 0.270 e. The number of rotatable bonds is 3. The molecule has 0 fully saturated rings. The molecule has 3 heterocycles. The van der Waals surface area contributed by atoms with Crippen LogP contribution in [-0.4, -0.2) is 26.1 Å². The van der Waals surface area contributed by atoms with Crippen molar-refractivity contribution in [3.05, 3.63) is 83.4 Å². The molecule has 2 aromatic carbocycles. The number of carbonyl (C=O) groups excluding carboxylic acids is 1. The highest BCUT2D eigenvalue weighted by Crippen LogP contribution is 2.47. The van der Waals surface area contributed by atoms with E-state index in [1.807, 2.05) is 18.2 Å². The molecule has 1 aromatic heterocycles. The Balaban J connectivity index is 1.79. The molecule has 0 aliphatic carbocycles. The lowest BCUT2D eigenvalue weighted by Gasteiger charge is -2.45. The highest BCUT2D eigenvalue weighted by molar-refractivity contribution is 7.07. The van der Waals surface area contributed by atoms with Crippen LogP contribution in [0.3, 0.4) is 0 Å². The van der Waals surface area contributed by atoms with Crippen LogP contribution in [0.25, 0.3) is 6.08 Å². The molecule has 3 aromatic rings. The summed E-state index contributed by atoms with van der Waals surface area (Å²) in [5.41, 5.74) is -0.917. The van der Waals surface area contributed by atoms with Gasteiger partial charge in [0.05, 0.1) is 15.5 Å². The molecule has 1 N–H and O–H groups in total. The van der Waals surface area contributed by atoms with Crippen LogP contribution in [0, 0.1) is 16.0 Å². The van der Waals surface area contributed by atoms with Crippen molar-refractivity contribution in [2.24, 2.45) is 10.9 Å². The van der Waals surface area contributed by atoms with Gasteiger partial charge in [0, 0.05) is 23.3 Å². The lowest BCUT2D eigenvalue weighted by Crippen LogP contribution is -2.58. The second-order valence-electron chi connectivity index (χ2n) is 7.91. The number of non-ortho nitro benzene ring substituents is 1. The van der Waals surface area contributed by atoms with E-state index in [-0.39, 0.29) is 27.3 Å². The van der Waals surface area contributed by atoms with Gasteiger partial charge >= 0.3 is 0 Å². The summed E-state index contributed by atoms with van der Waals surface area (Å²) in [6, 6.07) is 10.2. The Bertz CT molecular complexity index is 1490. The minimum atomic E-state index is -1.17. The van der Waals surface area contributed by atoms with Crippen LogP contribution in [0.5, 0.6) is 11.5 Å². The molecule has 9 nitrogen and oxygen atoms in total. The second-order valence-corrected chi connectivity index (χ2v) is 8.92. The first-order valence-electron chi connectivity index (χ1n) is 9.78. The Hall–Kier alpha value is -3.79. The number of ether oxygens (including phenoxy) is 1. The Morgan fingerprint density at radius 1 is 1.34 bits per heavy atom. The fourth-order valence-corrected chi connectivity index (χ4v) is 5.56. The molecule has 0 saturated carbocycles. The third-order valence-corrected chi connectivity index (χ3v) is 6.81. The van der Waals surface area contributed by atoms with Crippen LogP contribution in [0.4, 0.5) is 5.69 Å². The molecule has 32 heavy (non-hydrogen) atoms. The quantitative estimate of drug-likeness (QED) is 0.479. The number of hydrogen-bond donors (Lipinski definition) is 1. The zero-order valence-corrected chi connectivity index (χ0v) is 17.8. The standard InChI is InChI=1S/C22H17N3O6S/c1-11(26)18-19-14-5-3-4-6-16(14)31-22(18,2)23-21-24(19)20(28)17(32-21)10-12-9-13(25(29)30)7-8-15(12)27/h3-10,18-19,27H,1-2H3/b17-10-/t18-,19-,22+/m1/s1. The van der Waals surface area contributed by atoms with Crippen LogP contribution >= 0.6 is 11.3 Å². The number of thiazole rings is 1. The smallest absolute Gasteiger partial charge is 0.270 e. The zero-order chi connectivity index (χ0) is 22.8. The maximum atomic E-state index is 13.4. The van der Waals surface area contributed by atoms with E-state index in [1.54, 1.807) is 13.0 Å². The van der Waals surface area contributed by atoms with E-state index in [0.717, 1.165) is 11.3 Å². The first kappa shape index (κ1) is 20.1. The van der Waals surface area contributed by atoms with Crippen LogP contribution in [0.1, 0.15) is 31.0 Å². The number of hydrogen-bond acceptors (Lipinski definition) is 8. The van der Waals surface area contributed by atoms with Crippen LogP contribution < -0.4 is 19.6 Å². The van der Waals surface area contributed by atoms with Gasteiger partial charge in [-0.25, -0.2) is 4.99 Å². The summed E-state index contributed by atoms with van der Waals surface area (Å²) >= 11 is 1.08. The maximum absolute atomic E-state index is 13.4. The first-order valence-corrected chi connectivity index (χ1v) is 10.6. The molecule has 2 aliphatic heterocycles. The topological polar surface area (TPSA) is 124 Å². The number of para-hydroxylation sites is 1. The molecule has 2 bridgehead atoms. The predicted octanol–water partition coefficient (Wildman–Crippen LogP) is 1.89. The lowest BCUT2D eigenvalue weighted by atomic mass is 9.79. The number of phenols is 1. The number of fused-ring (bicyclic) bond motifs is 6. The van der Waals surface area contributed by atoms with Crippen molar-refractivity contribution >= 4 is 28.9 Å². The summed E-state index contributed by atoms with van der Waals surface area (Å²) in [4.78, 5) is 41.6. The third kappa shape index (κ3) is 2.87. The number of phenolic OH excluding ortho intramolecular Hbond substituents is 1. The molecule has 162 valence electrons. The fraction of sp³-hybridized carbons (Fsp3) is 0.227. The Labute approximate surface area is 184 Å².